The van der Waals surface area contributed by atoms with Crippen LogP contribution >= 0.6 is 15.9 Å². The molecule has 1 aromatic heterocycles. The number of benzene rings is 3. The summed E-state index contributed by atoms with van der Waals surface area (Å²) in [5, 5.41) is 19.4. The topological polar surface area (TPSA) is 114 Å². The van der Waals surface area contributed by atoms with E-state index in [4.69, 9.17) is 0 Å². The number of anilines is 1. The zero-order valence-electron chi connectivity index (χ0n) is 15.3. The Balaban J connectivity index is 1.80. The van der Waals surface area contributed by atoms with Crippen LogP contribution in [0.5, 0.6) is 5.75 Å². The smallest absolute Gasteiger partial charge is 0.261 e. The number of aromatic hydroxyl groups is 1. The van der Waals surface area contributed by atoms with Crippen molar-refractivity contribution in [2.24, 2.45) is 0 Å². The van der Waals surface area contributed by atoms with E-state index < -0.39 is 20.8 Å². The molecule has 0 aliphatic rings. The van der Waals surface area contributed by atoms with Crippen LogP contribution in [-0.2, 0) is 26.7 Å². The number of hydrogen-bond donors (Lipinski definition) is 2. The maximum absolute atomic E-state index is 12.9. The van der Waals surface area contributed by atoms with E-state index in [-0.39, 0.29) is 27.1 Å². The predicted octanol–water partition coefficient (Wildman–Crippen LogP) is 3.47. The Hall–Kier alpha value is -2.76. The first-order valence-corrected chi connectivity index (χ1v) is 12.2. The third kappa shape index (κ3) is 4.09. The van der Waals surface area contributed by atoms with Gasteiger partial charge in [-0.2, -0.15) is 15.0 Å². The Labute approximate surface area is 183 Å². The Morgan fingerprint density at radius 2 is 1.67 bits per heavy atom. The minimum absolute atomic E-state index is 0.0752. The average Bonchev–Trinajstić information content (AvgIpc) is 3.23. The number of fused-ring (bicyclic) bond motifs is 1. The van der Waals surface area contributed by atoms with Crippen molar-refractivity contribution < 1.29 is 17.7 Å². The second-order valence-electron chi connectivity index (χ2n) is 6.25. The number of nitrogens with zero attached hydrogens (tertiary/aromatic N) is 3. The molecule has 8 nitrogen and oxygen atoms in total. The molecule has 0 amide bonds. The largest absolute Gasteiger partial charge is 0.506 e. The fourth-order valence-corrected chi connectivity index (χ4v) is 5.29. The molecule has 1 unspecified atom stereocenters. The normalized spacial score (nSPS) is 12.7. The molecule has 0 saturated carbocycles. The zero-order valence-corrected chi connectivity index (χ0v) is 18.5. The minimum atomic E-state index is -3.91. The SMILES string of the molecule is O=S(Cn1nccn1)c1cc(NS(=O)(=O)c2ccc(Br)cc2)c2ccccc2c1O. The van der Waals surface area contributed by atoms with Crippen molar-refractivity contribution in [3.8, 4) is 5.75 Å². The monoisotopic (exact) mass is 506 g/mol. The van der Waals surface area contributed by atoms with Gasteiger partial charge in [-0.15, -0.1) is 0 Å². The van der Waals surface area contributed by atoms with Crippen LogP contribution in [0.2, 0.25) is 0 Å². The summed E-state index contributed by atoms with van der Waals surface area (Å²) in [7, 11) is -5.63. The lowest BCUT2D eigenvalue weighted by Gasteiger charge is -2.15. The van der Waals surface area contributed by atoms with Gasteiger partial charge in [-0.25, -0.2) is 8.42 Å². The van der Waals surface area contributed by atoms with Gasteiger partial charge in [0.2, 0.25) is 0 Å². The van der Waals surface area contributed by atoms with Crippen molar-refractivity contribution in [1.29, 1.82) is 0 Å². The number of nitrogens with one attached hydrogen (secondary N) is 1. The molecule has 0 aliphatic carbocycles. The number of hydrogen-bond acceptors (Lipinski definition) is 6. The molecule has 154 valence electrons. The van der Waals surface area contributed by atoms with Crippen molar-refractivity contribution in [2.75, 3.05) is 4.72 Å². The summed E-state index contributed by atoms with van der Waals surface area (Å²) >= 11 is 3.28. The van der Waals surface area contributed by atoms with Crippen molar-refractivity contribution in [3.05, 3.63) is 71.5 Å². The van der Waals surface area contributed by atoms with Crippen LogP contribution in [0.4, 0.5) is 5.69 Å². The first kappa shape index (κ1) is 20.5. The summed E-state index contributed by atoms with van der Waals surface area (Å²) < 4.78 is 42.0. The summed E-state index contributed by atoms with van der Waals surface area (Å²) in [6, 6.07) is 14.3. The number of halogens is 1. The number of sulfonamides is 1. The summed E-state index contributed by atoms with van der Waals surface area (Å²) in [4.78, 5) is 1.39. The van der Waals surface area contributed by atoms with E-state index in [0.717, 1.165) is 4.47 Å². The van der Waals surface area contributed by atoms with E-state index in [1.165, 1.54) is 35.4 Å². The fraction of sp³-hybridized carbons (Fsp3) is 0.0526. The molecule has 4 rings (SSSR count). The number of aromatic nitrogens is 3. The van der Waals surface area contributed by atoms with Gasteiger partial charge >= 0.3 is 0 Å². The highest BCUT2D eigenvalue weighted by Gasteiger charge is 2.21. The van der Waals surface area contributed by atoms with Gasteiger partial charge in [0.25, 0.3) is 10.0 Å². The number of phenols is 1. The first-order valence-electron chi connectivity index (χ1n) is 8.61. The van der Waals surface area contributed by atoms with Crippen LogP contribution in [0.3, 0.4) is 0 Å². The Kier molecular flexibility index (Phi) is 5.58. The second-order valence-corrected chi connectivity index (χ2v) is 10.2. The quantitative estimate of drug-likeness (QED) is 0.387. The third-order valence-corrected chi connectivity index (χ3v) is 7.47. The first-order chi connectivity index (χ1) is 14.3. The van der Waals surface area contributed by atoms with E-state index in [1.54, 1.807) is 36.4 Å². The lowest BCUT2D eigenvalue weighted by atomic mass is 10.1. The summed E-state index contributed by atoms with van der Waals surface area (Å²) in [6.07, 6.45) is 2.91. The van der Waals surface area contributed by atoms with Crippen molar-refractivity contribution in [2.45, 2.75) is 15.7 Å². The van der Waals surface area contributed by atoms with Crippen molar-refractivity contribution >= 4 is 53.2 Å². The number of phenolic OH excluding ortho intramolecular Hbond substituents is 1. The molecule has 2 N–H and O–H groups in total. The molecule has 0 radical (unpaired) electrons. The number of rotatable bonds is 6. The molecule has 0 bridgehead atoms. The van der Waals surface area contributed by atoms with Crippen LogP contribution in [-0.4, -0.2) is 32.7 Å². The lowest BCUT2D eigenvalue weighted by molar-refractivity contribution is 0.467. The van der Waals surface area contributed by atoms with Gasteiger partial charge in [-0.3, -0.25) is 8.93 Å². The van der Waals surface area contributed by atoms with Crippen LogP contribution in [0.1, 0.15) is 0 Å². The lowest BCUT2D eigenvalue weighted by Crippen LogP contribution is -2.14. The maximum Gasteiger partial charge on any atom is 0.261 e. The molecule has 4 aromatic rings. The highest BCUT2D eigenvalue weighted by molar-refractivity contribution is 9.10. The van der Waals surface area contributed by atoms with Crippen molar-refractivity contribution in [1.82, 2.24) is 15.0 Å². The van der Waals surface area contributed by atoms with E-state index in [2.05, 4.69) is 30.8 Å². The van der Waals surface area contributed by atoms with Crippen LogP contribution in [0, 0.1) is 0 Å². The van der Waals surface area contributed by atoms with Crippen molar-refractivity contribution in [3.63, 3.8) is 0 Å². The van der Waals surface area contributed by atoms with Gasteiger partial charge in [0.1, 0.15) is 11.6 Å². The highest BCUT2D eigenvalue weighted by atomic mass is 79.9. The molecular weight excluding hydrogens is 492 g/mol. The van der Waals surface area contributed by atoms with Gasteiger partial charge in [0.15, 0.2) is 0 Å². The standard InChI is InChI=1S/C19H15BrN4O4S2/c20-13-5-7-14(8-6-13)30(27,28)23-17-11-18(29(26)12-24-21-9-10-22-24)19(25)16-4-2-1-3-15(16)17/h1-11,23,25H,12H2. The van der Waals surface area contributed by atoms with E-state index in [0.29, 0.717) is 10.8 Å². The molecule has 30 heavy (non-hydrogen) atoms. The molecule has 0 saturated heterocycles. The Morgan fingerprint density at radius 1 is 1.03 bits per heavy atom. The predicted molar refractivity (Wildman–Crippen MR) is 117 cm³/mol. The van der Waals surface area contributed by atoms with Gasteiger partial charge in [0.05, 0.1) is 38.7 Å². The highest BCUT2D eigenvalue weighted by Crippen LogP contribution is 2.37. The van der Waals surface area contributed by atoms with Gasteiger partial charge in [-0.1, -0.05) is 40.2 Å². The second kappa shape index (κ2) is 8.17. The molecule has 0 spiro atoms. The van der Waals surface area contributed by atoms with Gasteiger partial charge < -0.3 is 5.11 Å². The maximum atomic E-state index is 12.9. The molecule has 3 aromatic carbocycles. The molecule has 0 aliphatic heterocycles. The molecule has 11 heteroatoms. The minimum Gasteiger partial charge on any atom is -0.506 e. The zero-order chi connectivity index (χ0) is 21.3. The van der Waals surface area contributed by atoms with E-state index in [9.17, 15) is 17.7 Å². The van der Waals surface area contributed by atoms with Gasteiger partial charge in [0, 0.05) is 15.2 Å². The van der Waals surface area contributed by atoms with Crippen LogP contribution in [0.15, 0.2) is 81.3 Å². The Morgan fingerprint density at radius 3 is 2.33 bits per heavy atom. The summed E-state index contributed by atoms with van der Waals surface area (Å²) in [6.45, 7) is 0. The summed E-state index contributed by atoms with van der Waals surface area (Å²) in [5.41, 5.74) is 0.211. The third-order valence-electron chi connectivity index (χ3n) is 4.29. The van der Waals surface area contributed by atoms with Crippen LogP contribution in [0.25, 0.3) is 10.8 Å². The van der Waals surface area contributed by atoms with E-state index >= 15 is 0 Å². The molecule has 0 fully saturated rings. The fourth-order valence-electron chi connectivity index (χ4n) is 2.89. The molecule has 1 heterocycles. The molecular formula is C19H15BrN4O4S2. The van der Waals surface area contributed by atoms with Gasteiger partial charge in [-0.05, 0) is 30.3 Å². The Bertz CT molecular complexity index is 1340. The van der Waals surface area contributed by atoms with E-state index in [1.807, 2.05) is 0 Å². The van der Waals surface area contributed by atoms with Crippen LogP contribution < -0.4 is 4.72 Å². The summed E-state index contributed by atoms with van der Waals surface area (Å²) in [5.74, 6) is -0.264. The average molecular weight is 507 g/mol. The molecule has 1 atom stereocenters.